The number of hydrogen-bond donors (Lipinski definition) is 1. The molecule has 88 valence electrons. The van der Waals surface area contributed by atoms with Crippen molar-refractivity contribution in [1.29, 1.82) is 0 Å². The fourth-order valence-electron chi connectivity index (χ4n) is 3.19. The van der Waals surface area contributed by atoms with Gasteiger partial charge in [0.25, 0.3) is 0 Å². The van der Waals surface area contributed by atoms with E-state index >= 15 is 0 Å². The van der Waals surface area contributed by atoms with Crippen molar-refractivity contribution in [1.82, 2.24) is 10.2 Å². The summed E-state index contributed by atoms with van der Waals surface area (Å²) in [6.07, 6.45) is 6.98. The third-order valence-corrected chi connectivity index (χ3v) is 4.09. The summed E-state index contributed by atoms with van der Waals surface area (Å²) in [6, 6.07) is 1.63. The Kier molecular flexibility index (Phi) is 4.04. The minimum atomic E-state index is 0.807. The van der Waals surface area contributed by atoms with Crippen LogP contribution in [0.2, 0.25) is 0 Å². The van der Waals surface area contributed by atoms with E-state index in [1.54, 1.807) is 0 Å². The first kappa shape index (κ1) is 11.4. The number of rotatable bonds is 3. The number of hydrogen-bond acceptors (Lipinski definition) is 2. The zero-order valence-corrected chi connectivity index (χ0v) is 10.3. The molecule has 0 spiro atoms. The van der Waals surface area contributed by atoms with E-state index in [-0.39, 0.29) is 0 Å². The fourth-order valence-corrected chi connectivity index (χ4v) is 3.19. The standard InChI is InChI=1S/C13H26N2/c1-11-9-12(2)15(10-11)8-6-13-5-3-4-7-14-13/h11-14H,3-10H2,1-2H3. The Bertz CT molecular complexity index is 187. The number of nitrogens with zero attached hydrogens (tertiary/aromatic N) is 1. The van der Waals surface area contributed by atoms with E-state index in [4.69, 9.17) is 0 Å². The number of nitrogens with one attached hydrogen (secondary N) is 1. The van der Waals surface area contributed by atoms with Crippen molar-refractivity contribution in [2.45, 2.75) is 58.0 Å². The molecular weight excluding hydrogens is 184 g/mol. The minimum absolute atomic E-state index is 0.807. The first-order valence-corrected chi connectivity index (χ1v) is 6.73. The van der Waals surface area contributed by atoms with Crippen molar-refractivity contribution in [2.75, 3.05) is 19.6 Å². The van der Waals surface area contributed by atoms with Gasteiger partial charge in [0.1, 0.15) is 0 Å². The van der Waals surface area contributed by atoms with Gasteiger partial charge in [0.2, 0.25) is 0 Å². The maximum atomic E-state index is 3.64. The Morgan fingerprint density at radius 2 is 2.13 bits per heavy atom. The van der Waals surface area contributed by atoms with E-state index in [0.29, 0.717) is 0 Å². The number of likely N-dealkylation sites (tertiary alicyclic amines) is 1. The van der Waals surface area contributed by atoms with Crippen LogP contribution < -0.4 is 5.32 Å². The smallest absolute Gasteiger partial charge is 0.00792 e. The van der Waals surface area contributed by atoms with Crippen LogP contribution in [0, 0.1) is 5.92 Å². The lowest BCUT2D eigenvalue weighted by Crippen LogP contribution is -2.38. The zero-order valence-electron chi connectivity index (χ0n) is 10.3. The van der Waals surface area contributed by atoms with Crippen molar-refractivity contribution in [3.63, 3.8) is 0 Å². The molecule has 3 unspecified atom stereocenters. The van der Waals surface area contributed by atoms with Gasteiger partial charge in [0, 0.05) is 18.6 Å². The summed E-state index contributed by atoms with van der Waals surface area (Å²) in [5.41, 5.74) is 0. The van der Waals surface area contributed by atoms with Crippen molar-refractivity contribution >= 4 is 0 Å². The van der Waals surface area contributed by atoms with Gasteiger partial charge in [0.15, 0.2) is 0 Å². The van der Waals surface area contributed by atoms with E-state index in [2.05, 4.69) is 24.1 Å². The highest BCUT2D eigenvalue weighted by Gasteiger charge is 2.26. The van der Waals surface area contributed by atoms with Crippen LogP contribution in [-0.2, 0) is 0 Å². The van der Waals surface area contributed by atoms with Crippen molar-refractivity contribution in [3.8, 4) is 0 Å². The fraction of sp³-hybridized carbons (Fsp3) is 1.00. The van der Waals surface area contributed by atoms with Gasteiger partial charge in [-0.2, -0.15) is 0 Å². The van der Waals surface area contributed by atoms with E-state index < -0.39 is 0 Å². The molecule has 0 aromatic rings. The third kappa shape index (κ3) is 3.18. The molecule has 0 radical (unpaired) electrons. The van der Waals surface area contributed by atoms with Crippen LogP contribution in [0.3, 0.4) is 0 Å². The summed E-state index contributed by atoms with van der Waals surface area (Å²) in [5, 5.41) is 3.64. The van der Waals surface area contributed by atoms with Crippen molar-refractivity contribution in [3.05, 3.63) is 0 Å². The highest BCUT2D eigenvalue weighted by molar-refractivity contribution is 4.82. The van der Waals surface area contributed by atoms with Gasteiger partial charge >= 0.3 is 0 Å². The Hall–Kier alpha value is -0.0800. The van der Waals surface area contributed by atoms with Crippen molar-refractivity contribution < 1.29 is 0 Å². The van der Waals surface area contributed by atoms with Gasteiger partial charge < -0.3 is 10.2 Å². The molecular formula is C13H26N2. The minimum Gasteiger partial charge on any atom is -0.314 e. The summed E-state index contributed by atoms with van der Waals surface area (Å²) >= 11 is 0. The van der Waals surface area contributed by atoms with Gasteiger partial charge in [0.05, 0.1) is 0 Å². The van der Waals surface area contributed by atoms with Crippen molar-refractivity contribution in [2.24, 2.45) is 5.92 Å². The quantitative estimate of drug-likeness (QED) is 0.768. The van der Waals surface area contributed by atoms with Crippen LogP contribution in [0.15, 0.2) is 0 Å². The Morgan fingerprint density at radius 3 is 2.73 bits per heavy atom. The predicted octanol–water partition coefficient (Wildman–Crippen LogP) is 2.25. The second-order valence-electron chi connectivity index (χ2n) is 5.62. The van der Waals surface area contributed by atoms with Crippen LogP contribution in [0.4, 0.5) is 0 Å². The maximum Gasteiger partial charge on any atom is 0.00792 e. The molecule has 0 aromatic carbocycles. The summed E-state index contributed by atoms with van der Waals surface area (Å²) < 4.78 is 0. The summed E-state index contributed by atoms with van der Waals surface area (Å²) in [6.45, 7) is 8.65. The molecule has 0 aliphatic carbocycles. The van der Waals surface area contributed by atoms with Crippen LogP contribution in [0.1, 0.15) is 46.0 Å². The molecule has 0 bridgehead atoms. The molecule has 1 N–H and O–H groups in total. The zero-order chi connectivity index (χ0) is 10.7. The summed E-state index contributed by atoms with van der Waals surface area (Å²) in [5.74, 6) is 0.916. The molecule has 0 amide bonds. The molecule has 2 fully saturated rings. The van der Waals surface area contributed by atoms with E-state index in [9.17, 15) is 0 Å². The first-order chi connectivity index (χ1) is 7.25. The highest BCUT2D eigenvalue weighted by atomic mass is 15.2. The van der Waals surface area contributed by atoms with E-state index in [1.807, 2.05) is 0 Å². The lowest BCUT2D eigenvalue weighted by atomic mass is 10.0. The van der Waals surface area contributed by atoms with Crippen LogP contribution in [0.5, 0.6) is 0 Å². The summed E-state index contributed by atoms with van der Waals surface area (Å²) in [4.78, 5) is 2.68. The second kappa shape index (κ2) is 5.31. The molecule has 2 rings (SSSR count). The highest BCUT2D eigenvalue weighted by Crippen LogP contribution is 2.23. The largest absolute Gasteiger partial charge is 0.314 e. The molecule has 2 heterocycles. The predicted molar refractivity (Wildman–Crippen MR) is 65.1 cm³/mol. The van der Waals surface area contributed by atoms with Gasteiger partial charge in [-0.3, -0.25) is 0 Å². The monoisotopic (exact) mass is 210 g/mol. The summed E-state index contributed by atoms with van der Waals surface area (Å²) in [7, 11) is 0. The molecule has 2 aliphatic rings. The topological polar surface area (TPSA) is 15.3 Å². The van der Waals surface area contributed by atoms with E-state index in [1.165, 1.54) is 51.7 Å². The van der Waals surface area contributed by atoms with Crippen LogP contribution >= 0.6 is 0 Å². The number of piperidine rings is 1. The van der Waals surface area contributed by atoms with Gasteiger partial charge in [-0.25, -0.2) is 0 Å². The molecule has 2 aliphatic heterocycles. The van der Waals surface area contributed by atoms with E-state index in [0.717, 1.165) is 18.0 Å². The SMILES string of the molecule is CC1CC(C)N(CCC2CCCCN2)C1. The maximum absolute atomic E-state index is 3.64. The molecule has 2 saturated heterocycles. The van der Waals surface area contributed by atoms with Crippen LogP contribution in [0.25, 0.3) is 0 Å². The Morgan fingerprint density at radius 1 is 1.27 bits per heavy atom. The lowest BCUT2D eigenvalue weighted by molar-refractivity contribution is 0.239. The molecule has 15 heavy (non-hydrogen) atoms. The molecule has 2 heteroatoms. The molecule has 0 saturated carbocycles. The third-order valence-electron chi connectivity index (χ3n) is 4.09. The Balaban J connectivity index is 1.68. The average Bonchev–Trinajstić information content (AvgIpc) is 2.56. The Labute approximate surface area is 94.4 Å². The normalized spacial score (nSPS) is 38.4. The average molecular weight is 210 g/mol. The van der Waals surface area contributed by atoms with Gasteiger partial charge in [-0.1, -0.05) is 13.3 Å². The second-order valence-corrected chi connectivity index (χ2v) is 5.62. The van der Waals surface area contributed by atoms with Gasteiger partial charge in [-0.05, 0) is 51.6 Å². The first-order valence-electron chi connectivity index (χ1n) is 6.73. The van der Waals surface area contributed by atoms with Gasteiger partial charge in [-0.15, -0.1) is 0 Å². The molecule has 3 atom stereocenters. The lowest BCUT2D eigenvalue weighted by Gasteiger charge is -2.27. The molecule has 0 aromatic heterocycles. The van der Waals surface area contributed by atoms with Crippen LogP contribution in [-0.4, -0.2) is 36.6 Å². The molecule has 2 nitrogen and oxygen atoms in total.